The van der Waals surface area contributed by atoms with Crippen LogP contribution >= 0.6 is 0 Å². The molecule has 34 heavy (non-hydrogen) atoms. The Morgan fingerprint density at radius 2 is 1.44 bits per heavy atom. The number of hydrogen-bond acceptors (Lipinski definition) is 2. The van der Waals surface area contributed by atoms with Crippen LogP contribution in [0, 0.1) is 0 Å². The molecule has 1 spiro atoms. The van der Waals surface area contributed by atoms with Crippen LogP contribution in [0.4, 0.5) is 17.2 Å². The smallest absolute Gasteiger partial charge is 0.404 e. The lowest BCUT2D eigenvalue weighted by atomic mass is 9.92. The van der Waals surface area contributed by atoms with Gasteiger partial charge in [-0.25, -0.2) is 0 Å². The second-order valence-electron chi connectivity index (χ2n) is 8.92. The van der Waals surface area contributed by atoms with Crippen molar-refractivity contribution in [1.82, 2.24) is 0 Å². The molecule has 3 aliphatic rings. The van der Waals surface area contributed by atoms with Crippen LogP contribution in [0.3, 0.4) is 0 Å². The van der Waals surface area contributed by atoms with Gasteiger partial charge < -0.3 is 4.74 Å². The number of nitrogens with zero attached hydrogens (tertiary/aromatic N) is 4. The molecule has 3 aromatic heterocycles. The second-order valence-corrected chi connectivity index (χ2v) is 8.92. The molecule has 0 fully saturated rings. The Hall–Kier alpha value is -4.51. The molecule has 160 valence electrons. The lowest BCUT2D eigenvalue weighted by molar-refractivity contribution is -1.17. The molecule has 0 saturated heterocycles. The fourth-order valence-corrected chi connectivity index (χ4v) is 5.99. The third-order valence-electron chi connectivity index (χ3n) is 7.20. The molecule has 0 bridgehead atoms. The molecule has 5 nitrogen and oxygen atoms in total. The van der Waals surface area contributed by atoms with E-state index >= 15 is 0 Å². The Bertz CT molecular complexity index is 1530. The van der Waals surface area contributed by atoms with Crippen molar-refractivity contribution in [3.05, 3.63) is 132 Å². The zero-order valence-corrected chi connectivity index (χ0v) is 18.4. The number of rotatable bonds is 1. The summed E-state index contributed by atoms with van der Waals surface area (Å²) in [6.45, 7) is 0. The molecule has 5 heteroatoms. The summed E-state index contributed by atoms with van der Waals surface area (Å²) in [5.41, 5.74) is 5.89. The van der Waals surface area contributed by atoms with Crippen molar-refractivity contribution in [2.75, 3.05) is 4.90 Å². The largest absolute Gasteiger partial charge is 0.550 e. The number of ether oxygens (including phenoxy) is 1. The molecule has 0 amide bonds. The number of pyridine rings is 3. The first kappa shape index (κ1) is 18.0. The number of aromatic nitrogens is 3. The molecule has 6 heterocycles. The topological polar surface area (TPSA) is 24.1 Å². The van der Waals surface area contributed by atoms with Gasteiger partial charge in [0.2, 0.25) is 11.3 Å². The molecule has 0 N–H and O–H groups in total. The number of benzene rings is 2. The molecule has 5 aromatic rings. The Balaban J connectivity index is 1.61. The summed E-state index contributed by atoms with van der Waals surface area (Å²) in [6, 6.07) is 36.3. The van der Waals surface area contributed by atoms with Crippen LogP contribution in [-0.2, 0) is 12.2 Å². The Morgan fingerprint density at radius 3 is 2.35 bits per heavy atom. The number of para-hydroxylation sites is 1. The van der Waals surface area contributed by atoms with E-state index in [-0.39, 0.29) is 0 Å². The summed E-state index contributed by atoms with van der Waals surface area (Å²) in [6.07, 6.45) is 5.19. The standard InChI is InChI=1S/C29H21N4O/c1-2-10-21(11-3-1)32-24-14-9-15-25-28(24)29(31-19-7-5-17-27(31)34-25)30-18-6-4-12-22(30)20-23-13-8-16-26(32)33(23)29/h1-19H,20H2/q+3. The van der Waals surface area contributed by atoms with Crippen molar-refractivity contribution in [3.63, 3.8) is 0 Å². The third-order valence-corrected chi connectivity index (χ3v) is 7.20. The van der Waals surface area contributed by atoms with E-state index in [4.69, 9.17) is 4.74 Å². The van der Waals surface area contributed by atoms with Gasteiger partial charge in [0.25, 0.3) is 5.82 Å². The summed E-state index contributed by atoms with van der Waals surface area (Å²) in [5, 5.41) is 0. The van der Waals surface area contributed by atoms with E-state index in [9.17, 15) is 0 Å². The van der Waals surface area contributed by atoms with E-state index in [1.807, 2.05) is 6.07 Å². The van der Waals surface area contributed by atoms with Gasteiger partial charge in [0.1, 0.15) is 11.4 Å². The molecule has 1 unspecified atom stereocenters. The van der Waals surface area contributed by atoms with Crippen LogP contribution in [0.15, 0.2) is 116 Å². The van der Waals surface area contributed by atoms with Gasteiger partial charge in [0, 0.05) is 24.3 Å². The highest BCUT2D eigenvalue weighted by Gasteiger charge is 2.73. The highest BCUT2D eigenvalue weighted by molar-refractivity contribution is 5.79. The highest BCUT2D eigenvalue weighted by Crippen LogP contribution is 2.49. The monoisotopic (exact) mass is 441 g/mol. The van der Waals surface area contributed by atoms with Crippen molar-refractivity contribution in [3.8, 4) is 11.6 Å². The van der Waals surface area contributed by atoms with Crippen LogP contribution in [0.1, 0.15) is 17.0 Å². The van der Waals surface area contributed by atoms with Crippen LogP contribution in [0.25, 0.3) is 0 Å². The van der Waals surface area contributed by atoms with Gasteiger partial charge >= 0.3 is 11.7 Å². The van der Waals surface area contributed by atoms with E-state index in [2.05, 4.69) is 128 Å². The molecule has 0 aliphatic carbocycles. The minimum atomic E-state index is -0.660. The Morgan fingerprint density at radius 1 is 0.676 bits per heavy atom. The van der Waals surface area contributed by atoms with Gasteiger partial charge in [-0.3, -0.25) is 0 Å². The summed E-state index contributed by atoms with van der Waals surface area (Å²) in [4.78, 5) is 2.35. The molecular formula is C29H21N4O+3. The normalized spacial score (nSPS) is 18.2. The van der Waals surface area contributed by atoms with Crippen LogP contribution in [0.5, 0.6) is 11.6 Å². The van der Waals surface area contributed by atoms with Crippen LogP contribution in [0.2, 0.25) is 0 Å². The van der Waals surface area contributed by atoms with Crippen molar-refractivity contribution in [2.45, 2.75) is 12.2 Å². The third kappa shape index (κ3) is 2.03. The van der Waals surface area contributed by atoms with E-state index in [0.29, 0.717) is 0 Å². The summed E-state index contributed by atoms with van der Waals surface area (Å²) in [5.74, 6) is 2.16. The fraction of sp³-hybridized carbons (Fsp3) is 0.0690. The molecule has 2 aromatic carbocycles. The molecule has 3 aliphatic heterocycles. The summed E-state index contributed by atoms with van der Waals surface area (Å²) >= 11 is 0. The minimum Gasteiger partial charge on any atom is -0.404 e. The highest BCUT2D eigenvalue weighted by atomic mass is 16.5. The van der Waals surface area contributed by atoms with Gasteiger partial charge in [-0.1, -0.05) is 45.5 Å². The van der Waals surface area contributed by atoms with E-state index < -0.39 is 5.79 Å². The number of fused-ring (bicyclic) bond motifs is 2. The zero-order valence-electron chi connectivity index (χ0n) is 18.4. The summed E-state index contributed by atoms with van der Waals surface area (Å²) in [7, 11) is 0. The molecule has 8 rings (SSSR count). The quantitative estimate of drug-likeness (QED) is 0.358. The minimum absolute atomic E-state index is 0.660. The van der Waals surface area contributed by atoms with Gasteiger partial charge in [0.05, 0.1) is 12.5 Å². The van der Waals surface area contributed by atoms with Crippen LogP contribution in [-0.4, -0.2) is 0 Å². The van der Waals surface area contributed by atoms with Gasteiger partial charge in [-0.2, -0.15) is 4.90 Å². The van der Waals surface area contributed by atoms with Gasteiger partial charge in [0.15, 0.2) is 23.8 Å². The predicted molar refractivity (Wildman–Crippen MR) is 125 cm³/mol. The molecule has 0 radical (unpaired) electrons. The molecule has 0 saturated carbocycles. The number of anilines is 3. The Labute approximate surface area is 197 Å². The van der Waals surface area contributed by atoms with Gasteiger partial charge in [-0.15, -0.1) is 4.57 Å². The first-order chi connectivity index (χ1) is 16.9. The maximum Gasteiger partial charge on any atom is 0.550 e. The lowest BCUT2D eigenvalue weighted by Crippen LogP contribution is -2.92. The van der Waals surface area contributed by atoms with Crippen LogP contribution < -0.4 is 23.3 Å². The zero-order chi connectivity index (χ0) is 22.3. The van der Waals surface area contributed by atoms with Gasteiger partial charge in [-0.05, 0) is 36.4 Å². The van der Waals surface area contributed by atoms with E-state index in [0.717, 1.165) is 40.8 Å². The average Bonchev–Trinajstić information content (AvgIpc) is 2.89. The molecule has 1 atom stereocenters. The predicted octanol–water partition coefficient (Wildman–Crippen LogP) is 4.10. The van der Waals surface area contributed by atoms with Crippen molar-refractivity contribution >= 4 is 17.2 Å². The fourth-order valence-electron chi connectivity index (χ4n) is 5.99. The lowest BCUT2D eigenvalue weighted by Gasteiger charge is -2.37. The molecular weight excluding hydrogens is 420 g/mol. The number of hydrogen-bond donors (Lipinski definition) is 0. The van der Waals surface area contributed by atoms with Crippen molar-refractivity contribution in [1.29, 1.82) is 0 Å². The van der Waals surface area contributed by atoms with E-state index in [1.54, 1.807) is 0 Å². The van der Waals surface area contributed by atoms with E-state index in [1.165, 1.54) is 11.4 Å². The first-order valence-electron chi connectivity index (χ1n) is 11.6. The summed E-state index contributed by atoms with van der Waals surface area (Å²) < 4.78 is 13.7. The Kier molecular flexibility index (Phi) is 3.33. The first-order valence-corrected chi connectivity index (χ1v) is 11.6. The second kappa shape index (κ2) is 6.29. The SMILES string of the molecule is c1ccc(N2c3cccc4c3C3([n+]5ccccc5Cc5cccc2[n+]53)[n+]2ccccc2O4)cc1. The average molecular weight is 442 g/mol. The van der Waals surface area contributed by atoms with Crippen molar-refractivity contribution < 1.29 is 18.4 Å². The maximum absolute atomic E-state index is 6.54. The van der Waals surface area contributed by atoms with Crippen molar-refractivity contribution in [2.24, 2.45) is 0 Å². The maximum atomic E-state index is 6.54.